The monoisotopic (exact) mass is 280 g/mol. The lowest BCUT2D eigenvalue weighted by Crippen LogP contribution is -2.48. The third kappa shape index (κ3) is 5.19. The first kappa shape index (κ1) is 15.8. The highest BCUT2D eigenvalue weighted by Gasteiger charge is 2.26. The van der Waals surface area contributed by atoms with Gasteiger partial charge in [0.2, 0.25) is 0 Å². The van der Waals surface area contributed by atoms with Crippen LogP contribution in [0.25, 0.3) is 0 Å². The molecule has 1 rings (SSSR count). The van der Waals surface area contributed by atoms with Crippen LogP contribution in [-0.4, -0.2) is 57.3 Å². The van der Waals surface area contributed by atoms with Gasteiger partial charge in [-0.1, -0.05) is 13.8 Å². The largest absolute Gasteiger partial charge is 0.396 e. The van der Waals surface area contributed by atoms with Gasteiger partial charge < -0.3 is 9.84 Å². The molecule has 0 aromatic carbocycles. The summed E-state index contributed by atoms with van der Waals surface area (Å²) in [7, 11) is -3.40. The minimum absolute atomic E-state index is 0.139. The maximum atomic E-state index is 12.0. The standard InChI is InChI=1S/C11H24N2O4S/c1-11(2,4-3-7-14)10-12-18(15,16)13-5-8-17-9-6-13/h12,14H,3-10H2,1-2H3. The lowest BCUT2D eigenvalue weighted by atomic mass is 9.88. The molecule has 0 bridgehead atoms. The fourth-order valence-corrected chi connectivity index (χ4v) is 3.20. The first-order valence-electron chi connectivity index (χ1n) is 6.31. The van der Waals surface area contributed by atoms with E-state index in [-0.39, 0.29) is 12.0 Å². The van der Waals surface area contributed by atoms with Crippen molar-refractivity contribution in [2.24, 2.45) is 5.41 Å². The van der Waals surface area contributed by atoms with E-state index in [1.165, 1.54) is 4.31 Å². The van der Waals surface area contributed by atoms with Crippen molar-refractivity contribution in [3.63, 3.8) is 0 Å². The molecule has 0 aromatic heterocycles. The average Bonchev–Trinajstić information content (AvgIpc) is 2.36. The summed E-state index contributed by atoms with van der Waals surface area (Å²) >= 11 is 0. The van der Waals surface area contributed by atoms with E-state index in [1.54, 1.807) is 0 Å². The Morgan fingerprint density at radius 3 is 2.50 bits per heavy atom. The maximum absolute atomic E-state index is 12.0. The molecule has 0 unspecified atom stereocenters. The summed E-state index contributed by atoms with van der Waals surface area (Å²) in [5.41, 5.74) is -0.151. The summed E-state index contributed by atoms with van der Waals surface area (Å²) in [6, 6.07) is 0. The third-order valence-corrected chi connectivity index (χ3v) is 4.61. The van der Waals surface area contributed by atoms with Gasteiger partial charge >= 0.3 is 0 Å². The number of ether oxygens (including phenoxy) is 1. The van der Waals surface area contributed by atoms with Crippen molar-refractivity contribution in [1.29, 1.82) is 0 Å². The number of hydrogen-bond donors (Lipinski definition) is 2. The van der Waals surface area contributed by atoms with Crippen LogP contribution in [0, 0.1) is 5.41 Å². The van der Waals surface area contributed by atoms with Crippen LogP contribution in [0.3, 0.4) is 0 Å². The van der Waals surface area contributed by atoms with Gasteiger partial charge in [0.1, 0.15) is 0 Å². The van der Waals surface area contributed by atoms with E-state index in [1.807, 2.05) is 13.8 Å². The Balaban J connectivity index is 2.45. The Morgan fingerprint density at radius 1 is 1.33 bits per heavy atom. The Kier molecular flexibility index (Phi) is 6.00. The van der Waals surface area contributed by atoms with Gasteiger partial charge in [-0.25, -0.2) is 4.72 Å². The molecule has 0 atom stereocenters. The molecular formula is C11H24N2O4S. The second kappa shape index (κ2) is 6.81. The maximum Gasteiger partial charge on any atom is 0.279 e. The summed E-state index contributed by atoms with van der Waals surface area (Å²) in [6.07, 6.45) is 1.47. The molecule has 0 radical (unpaired) electrons. The molecule has 0 spiro atoms. The van der Waals surface area contributed by atoms with Crippen molar-refractivity contribution in [2.75, 3.05) is 39.5 Å². The summed E-state index contributed by atoms with van der Waals surface area (Å²) in [6.45, 7) is 6.23. The molecule has 108 valence electrons. The number of morpholine rings is 1. The van der Waals surface area contributed by atoms with E-state index in [2.05, 4.69) is 4.72 Å². The van der Waals surface area contributed by atoms with Gasteiger partial charge in [0.05, 0.1) is 13.2 Å². The molecule has 7 heteroatoms. The summed E-state index contributed by atoms with van der Waals surface area (Å²) in [5, 5.41) is 8.80. The van der Waals surface area contributed by atoms with Crippen molar-refractivity contribution in [3.8, 4) is 0 Å². The predicted octanol–water partition coefficient (Wildman–Crippen LogP) is -0.0483. The zero-order valence-electron chi connectivity index (χ0n) is 11.2. The lowest BCUT2D eigenvalue weighted by molar-refractivity contribution is 0.0723. The first-order valence-corrected chi connectivity index (χ1v) is 7.75. The highest BCUT2D eigenvalue weighted by atomic mass is 32.2. The third-order valence-electron chi connectivity index (χ3n) is 3.05. The van der Waals surface area contributed by atoms with Crippen LogP contribution in [0.1, 0.15) is 26.7 Å². The summed E-state index contributed by atoms with van der Waals surface area (Å²) < 4.78 is 33.2. The van der Waals surface area contributed by atoms with Gasteiger partial charge in [-0.3, -0.25) is 0 Å². The van der Waals surface area contributed by atoms with Gasteiger partial charge in [0.15, 0.2) is 0 Å². The van der Waals surface area contributed by atoms with Crippen LogP contribution >= 0.6 is 0 Å². The minimum atomic E-state index is -3.40. The lowest BCUT2D eigenvalue weighted by Gasteiger charge is -2.29. The highest BCUT2D eigenvalue weighted by molar-refractivity contribution is 7.87. The Bertz CT molecular complexity index is 337. The van der Waals surface area contributed by atoms with E-state index in [9.17, 15) is 8.42 Å². The molecule has 0 saturated carbocycles. The highest BCUT2D eigenvalue weighted by Crippen LogP contribution is 2.21. The van der Waals surface area contributed by atoms with E-state index in [4.69, 9.17) is 9.84 Å². The van der Waals surface area contributed by atoms with Crippen LogP contribution < -0.4 is 4.72 Å². The van der Waals surface area contributed by atoms with Gasteiger partial charge in [-0.05, 0) is 18.3 Å². The van der Waals surface area contributed by atoms with Gasteiger partial charge in [0, 0.05) is 26.2 Å². The van der Waals surface area contributed by atoms with Crippen LogP contribution in [-0.2, 0) is 14.9 Å². The predicted molar refractivity (Wildman–Crippen MR) is 69.4 cm³/mol. The van der Waals surface area contributed by atoms with Crippen molar-refractivity contribution in [2.45, 2.75) is 26.7 Å². The number of rotatable bonds is 7. The molecule has 1 aliphatic heterocycles. The van der Waals surface area contributed by atoms with Crippen molar-refractivity contribution in [3.05, 3.63) is 0 Å². The SMILES string of the molecule is CC(C)(CCCO)CNS(=O)(=O)N1CCOCC1. The summed E-state index contributed by atoms with van der Waals surface area (Å²) in [4.78, 5) is 0. The quantitative estimate of drug-likeness (QED) is 0.685. The number of nitrogens with one attached hydrogen (secondary N) is 1. The van der Waals surface area contributed by atoms with Crippen LogP contribution in [0.4, 0.5) is 0 Å². The first-order chi connectivity index (χ1) is 8.37. The molecule has 1 saturated heterocycles. The van der Waals surface area contributed by atoms with Gasteiger partial charge in [0.25, 0.3) is 10.2 Å². The number of hydrogen-bond acceptors (Lipinski definition) is 4. The second-order valence-electron chi connectivity index (χ2n) is 5.33. The minimum Gasteiger partial charge on any atom is -0.396 e. The molecule has 0 aliphatic carbocycles. The number of aliphatic hydroxyl groups excluding tert-OH is 1. The van der Waals surface area contributed by atoms with Crippen molar-refractivity contribution in [1.82, 2.24) is 9.03 Å². The molecule has 0 aromatic rings. The fourth-order valence-electron chi connectivity index (χ4n) is 1.81. The Labute approximate surface area is 109 Å². The van der Waals surface area contributed by atoms with E-state index < -0.39 is 10.2 Å². The average molecular weight is 280 g/mol. The second-order valence-corrected chi connectivity index (χ2v) is 7.08. The van der Waals surface area contributed by atoms with E-state index >= 15 is 0 Å². The topological polar surface area (TPSA) is 78.9 Å². The molecule has 18 heavy (non-hydrogen) atoms. The van der Waals surface area contributed by atoms with E-state index in [0.717, 1.165) is 6.42 Å². The zero-order chi connectivity index (χ0) is 13.6. The van der Waals surface area contributed by atoms with Crippen LogP contribution in [0.5, 0.6) is 0 Å². The normalized spacial score (nSPS) is 19.1. The molecular weight excluding hydrogens is 256 g/mol. The Morgan fingerprint density at radius 2 is 1.94 bits per heavy atom. The van der Waals surface area contributed by atoms with Crippen molar-refractivity contribution >= 4 is 10.2 Å². The molecule has 0 amide bonds. The Hall–Kier alpha value is -0.210. The molecule has 1 heterocycles. The fraction of sp³-hybridized carbons (Fsp3) is 1.00. The smallest absolute Gasteiger partial charge is 0.279 e. The molecule has 2 N–H and O–H groups in total. The van der Waals surface area contributed by atoms with Crippen molar-refractivity contribution < 1.29 is 18.3 Å². The van der Waals surface area contributed by atoms with E-state index in [0.29, 0.717) is 39.3 Å². The summed E-state index contributed by atoms with van der Waals surface area (Å²) in [5.74, 6) is 0. The molecule has 6 nitrogen and oxygen atoms in total. The van der Waals surface area contributed by atoms with Gasteiger partial charge in [-0.2, -0.15) is 12.7 Å². The molecule has 1 fully saturated rings. The van der Waals surface area contributed by atoms with Gasteiger partial charge in [-0.15, -0.1) is 0 Å². The molecule has 1 aliphatic rings. The number of aliphatic hydroxyl groups is 1. The number of nitrogens with zero attached hydrogens (tertiary/aromatic N) is 1. The zero-order valence-corrected chi connectivity index (χ0v) is 12.0. The van der Waals surface area contributed by atoms with Crippen LogP contribution in [0.2, 0.25) is 0 Å². The van der Waals surface area contributed by atoms with Crippen LogP contribution in [0.15, 0.2) is 0 Å².